The molecule has 1 fully saturated rings. The number of nitrogens with zero attached hydrogens (tertiary/aromatic N) is 2. The van der Waals surface area contributed by atoms with Gasteiger partial charge in [-0.3, -0.25) is 4.79 Å². The second-order valence-electron chi connectivity index (χ2n) is 8.37. The van der Waals surface area contributed by atoms with Gasteiger partial charge in [-0.15, -0.1) is 0 Å². The summed E-state index contributed by atoms with van der Waals surface area (Å²) in [5.41, 5.74) is 4.21. The fourth-order valence-corrected chi connectivity index (χ4v) is 4.31. The summed E-state index contributed by atoms with van der Waals surface area (Å²) in [5, 5.41) is 22.0. The monoisotopic (exact) mass is 467 g/mol. The molecule has 2 aromatic rings. The normalized spacial score (nSPS) is 14.9. The van der Waals surface area contributed by atoms with E-state index in [1.54, 1.807) is 26.4 Å². The number of benzene rings is 2. The van der Waals surface area contributed by atoms with Crippen molar-refractivity contribution >= 4 is 23.0 Å². The highest BCUT2D eigenvalue weighted by Crippen LogP contribution is 2.36. The van der Waals surface area contributed by atoms with Gasteiger partial charge in [-0.1, -0.05) is 6.07 Å². The van der Waals surface area contributed by atoms with Gasteiger partial charge in [0.2, 0.25) is 0 Å². The van der Waals surface area contributed by atoms with E-state index in [1.165, 1.54) is 0 Å². The molecule has 34 heavy (non-hydrogen) atoms. The van der Waals surface area contributed by atoms with Gasteiger partial charge in [-0.25, -0.2) is 0 Å². The fourth-order valence-electron chi connectivity index (χ4n) is 4.31. The van der Waals surface area contributed by atoms with E-state index in [0.29, 0.717) is 24.8 Å². The maximum absolute atomic E-state index is 11.5. The number of hydrogen-bond donors (Lipinski definition) is 2. The molecule has 0 spiro atoms. The van der Waals surface area contributed by atoms with Crippen molar-refractivity contribution < 1.29 is 24.1 Å². The minimum atomic E-state index is -0.864. The molecule has 1 saturated heterocycles. The van der Waals surface area contributed by atoms with Crippen molar-refractivity contribution in [3.63, 3.8) is 0 Å². The SMILES string of the molecule is COCCN(c1ccc(C(COC)CC(=O)O)cc1Nc1ccc(C#N)cc1)C1CCOCC1. The molecule has 0 saturated carbocycles. The zero-order valence-corrected chi connectivity index (χ0v) is 19.8. The highest BCUT2D eigenvalue weighted by molar-refractivity contribution is 5.77. The molecule has 0 radical (unpaired) electrons. The number of nitriles is 1. The molecule has 1 heterocycles. The highest BCUT2D eigenvalue weighted by Gasteiger charge is 2.25. The number of rotatable bonds is 12. The molecule has 0 aliphatic carbocycles. The van der Waals surface area contributed by atoms with E-state index in [2.05, 4.69) is 22.4 Å². The molecule has 0 aromatic heterocycles. The lowest BCUT2D eigenvalue weighted by Gasteiger charge is -2.37. The second-order valence-corrected chi connectivity index (χ2v) is 8.37. The number of carbonyl (C=O) groups is 1. The molecule has 1 unspecified atom stereocenters. The molecule has 2 aromatic carbocycles. The van der Waals surface area contributed by atoms with Gasteiger partial charge in [0.1, 0.15) is 0 Å². The predicted octanol–water partition coefficient (Wildman–Crippen LogP) is 4.14. The Hall–Kier alpha value is -3.12. The van der Waals surface area contributed by atoms with Gasteiger partial charge in [-0.05, 0) is 54.8 Å². The summed E-state index contributed by atoms with van der Waals surface area (Å²) >= 11 is 0. The Balaban J connectivity index is 2.02. The van der Waals surface area contributed by atoms with Crippen LogP contribution in [0.5, 0.6) is 0 Å². The molecule has 0 amide bonds. The molecule has 2 N–H and O–H groups in total. The van der Waals surface area contributed by atoms with Gasteiger partial charge in [0, 0.05) is 51.6 Å². The number of nitrogens with one attached hydrogen (secondary N) is 1. The van der Waals surface area contributed by atoms with Crippen LogP contribution in [0.15, 0.2) is 42.5 Å². The highest BCUT2D eigenvalue weighted by atomic mass is 16.5. The first-order valence-electron chi connectivity index (χ1n) is 11.5. The van der Waals surface area contributed by atoms with E-state index in [0.717, 1.165) is 55.2 Å². The van der Waals surface area contributed by atoms with Crippen molar-refractivity contribution in [3.05, 3.63) is 53.6 Å². The smallest absolute Gasteiger partial charge is 0.304 e. The lowest BCUT2D eigenvalue weighted by molar-refractivity contribution is -0.137. The third-order valence-corrected chi connectivity index (χ3v) is 6.05. The number of anilines is 3. The molecule has 182 valence electrons. The lowest BCUT2D eigenvalue weighted by Crippen LogP contribution is -2.41. The summed E-state index contributed by atoms with van der Waals surface area (Å²) < 4.78 is 16.3. The number of carboxylic acids is 1. The maximum Gasteiger partial charge on any atom is 0.304 e. The molecule has 0 bridgehead atoms. The number of ether oxygens (including phenoxy) is 3. The van der Waals surface area contributed by atoms with E-state index in [1.807, 2.05) is 24.3 Å². The first kappa shape index (κ1) is 25.5. The molecular weight excluding hydrogens is 434 g/mol. The summed E-state index contributed by atoms with van der Waals surface area (Å²) in [6, 6.07) is 15.8. The van der Waals surface area contributed by atoms with Crippen molar-refractivity contribution in [1.82, 2.24) is 0 Å². The number of methoxy groups -OCH3 is 2. The molecular formula is C26H33N3O5. The van der Waals surface area contributed by atoms with Crippen molar-refractivity contribution in [2.24, 2.45) is 0 Å². The predicted molar refractivity (Wildman–Crippen MR) is 131 cm³/mol. The van der Waals surface area contributed by atoms with Crippen LogP contribution in [-0.2, 0) is 19.0 Å². The summed E-state index contributed by atoms with van der Waals surface area (Å²) in [5.74, 6) is -1.13. The van der Waals surface area contributed by atoms with E-state index in [-0.39, 0.29) is 12.3 Å². The van der Waals surface area contributed by atoms with Crippen LogP contribution in [-0.4, -0.2) is 64.3 Å². The van der Waals surface area contributed by atoms with Gasteiger partial charge in [0.05, 0.1) is 42.6 Å². The molecule has 8 nitrogen and oxygen atoms in total. The fraction of sp³-hybridized carbons (Fsp3) is 0.462. The zero-order valence-electron chi connectivity index (χ0n) is 19.8. The van der Waals surface area contributed by atoms with Crippen LogP contribution in [0.4, 0.5) is 17.1 Å². The quantitative estimate of drug-likeness (QED) is 0.480. The van der Waals surface area contributed by atoms with Crippen molar-refractivity contribution in [3.8, 4) is 6.07 Å². The van der Waals surface area contributed by atoms with E-state index >= 15 is 0 Å². The Morgan fingerprint density at radius 1 is 1.21 bits per heavy atom. The van der Waals surface area contributed by atoms with E-state index in [9.17, 15) is 9.90 Å². The second kappa shape index (κ2) is 12.9. The van der Waals surface area contributed by atoms with Crippen LogP contribution in [0.1, 0.15) is 36.3 Å². The van der Waals surface area contributed by atoms with Crippen molar-refractivity contribution in [2.75, 3.05) is 57.4 Å². The van der Waals surface area contributed by atoms with Crippen molar-refractivity contribution in [2.45, 2.75) is 31.2 Å². The van der Waals surface area contributed by atoms with Gasteiger partial charge < -0.3 is 29.5 Å². The first-order chi connectivity index (χ1) is 16.5. The van der Waals surface area contributed by atoms with Crippen LogP contribution < -0.4 is 10.2 Å². The minimum absolute atomic E-state index is 0.0170. The molecule has 8 heteroatoms. The summed E-state index contributed by atoms with van der Waals surface area (Å²) in [4.78, 5) is 13.8. The minimum Gasteiger partial charge on any atom is -0.481 e. The zero-order chi connectivity index (χ0) is 24.3. The Kier molecular flexibility index (Phi) is 9.71. The number of aliphatic carboxylic acids is 1. The van der Waals surface area contributed by atoms with Gasteiger partial charge in [-0.2, -0.15) is 5.26 Å². The molecule has 3 rings (SSSR count). The lowest BCUT2D eigenvalue weighted by atomic mass is 9.94. The maximum atomic E-state index is 11.5. The summed E-state index contributed by atoms with van der Waals surface area (Å²) in [6.45, 7) is 3.06. The van der Waals surface area contributed by atoms with Crippen LogP contribution in [0.2, 0.25) is 0 Å². The van der Waals surface area contributed by atoms with Gasteiger partial charge in [0.25, 0.3) is 0 Å². The van der Waals surface area contributed by atoms with Crippen LogP contribution in [0.25, 0.3) is 0 Å². The van der Waals surface area contributed by atoms with Crippen molar-refractivity contribution in [1.29, 1.82) is 5.26 Å². The largest absolute Gasteiger partial charge is 0.481 e. The topological polar surface area (TPSA) is 104 Å². The van der Waals surface area contributed by atoms with Gasteiger partial charge in [0.15, 0.2) is 0 Å². The van der Waals surface area contributed by atoms with E-state index in [4.69, 9.17) is 19.5 Å². The van der Waals surface area contributed by atoms with Gasteiger partial charge >= 0.3 is 5.97 Å². The van der Waals surface area contributed by atoms with Crippen LogP contribution in [0, 0.1) is 11.3 Å². The summed E-state index contributed by atoms with van der Waals surface area (Å²) in [6.07, 6.45) is 1.83. The average molecular weight is 468 g/mol. The third-order valence-electron chi connectivity index (χ3n) is 6.05. The number of carboxylic acid groups (broad SMARTS) is 1. The standard InChI is InChI=1S/C26H33N3O5/c1-32-14-11-29(23-9-12-34-13-10-23)25-8-5-20(21(18-33-2)16-26(30)31)15-24(25)28-22-6-3-19(17-27)4-7-22/h3-8,15,21,23,28H,9-14,16,18H2,1-2H3,(H,30,31). The van der Waals surface area contributed by atoms with Crippen LogP contribution in [0.3, 0.4) is 0 Å². The Morgan fingerprint density at radius 3 is 2.56 bits per heavy atom. The van der Waals surface area contributed by atoms with Crippen LogP contribution >= 0.6 is 0 Å². The Morgan fingerprint density at radius 2 is 1.94 bits per heavy atom. The Labute approximate surface area is 201 Å². The molecule has 1 aliphatic rings. The number of hydrogen-bond acceptors (Lipinski definition) is 7. The molecule has 1 atom stereocenters. The molecule has 1 aliphatic heterocycles. The first-order valence-corrected chi connectivity index (χ1v) is 11.5. The third kappa shape index (κ3) is 6.94. The Bertz CT molecular complexity index is 967. The summed E-state index contributed by atoms with van der Waals surface area (Å²) in [7, 11) is 3.28. The van der Waals surface area contributed by atoms with E-state index < -0.39 is 5.97 Å². The average Bonchev–Trinajstić information content (AvgIpc) is 2.85.